The molecule has 0 aliphatic rings. The van der Waals surface area contributed by atoms with E-state index in [-0.39, 0.29) is 5.91 Å². The van der Waals surface area contributed by atoms with Gasteiger partial charge in [0.25, 0.3) is 5.91 Å². The van der Waals surface area contributed by atoms with Crippen LogP contribution in [0.4, 0.5) is 11.5 Å². The number of anilines is 2. The van der Waals surface area contributed by atoms with Crippen LogP contribution in [-0.4, -0.2) is 15.9 Å². The molecule has 2 rings (SSSR count). The van der Waals surface area contributed by atoms with Crippen molar-refractivity contribution in [2.75, 3.05) is 10.7 Å². The lowest BCUT2D eigenvalue weighted by molar-refractivity contribution is 0.102. The normalized spacial score (nSPS) is 10.2. The maximum atomic E-state index is 12.4. The Morgan fingerprint density at radius 2 is 2.19 bits per heavy atom. The second kappa shape index (κ2) is 6.81. The van der Waals surface area contributed by atoms with E-state index in [0.29, 0.717) is 17.1 Å². The van der Waals surface area contributed by atoms with Gasteiger partial charge in [-0.3, -0.25) is 9.78 Å². The van der Waals surface area contributed by atoms with Crippen LogP contribution in [0.2, 0.25) is 0 Å². The molecule has 2 aromatic rings. The fourth-order valence-corrected chi connectivity index (χ4v) is 1.99. The van der Waals surface area contributed by atoms with Gasteiger partial charge in [0.15, 0.2) is 0 Å². The number of hydrazine groups is 1. The number of nitrogen functional groups attached to an aromatic ring is 1. The number of carbonyl (C=O) groups is 1. The lowest BCUT2D eigenvalue weighted by Gasteiger charge is -2.10. The van der Waals surface area contributed by atoms with E-state index in [1.807, 2.05) is 13.0 Å². The molecule has 0 atom stereocenters. The van der Waals surface area contributed by atoms with Crippen molar-refractivity contribution in [3.63, 3.8) is 0 Å². The largest absolute Gasteiger partial charge is 0.320 e. The predicted octanol–water partition coefficient (Wildman–Crippen LogP) is 2.28. The molecule has 0 bridgehead atoms. The van der Waals surface area contributed by atoms with Crippen LogP contribution in [0.3, 0.4) is 0 Å². The number of nitrogens with zero attached hydrogens (tertiary/aromatic N) is 2. The molecule has 6 heteroatoms. The Morgan fingerprint density at radius 3 is 2.86 bits per heavy atom. The van der Waals surface area contributed by atoms with Crippen molar-refractivity contribution in [1.29, 1.82) is 0 Å². The van der Waals surface area contributed by atoms with Gasteiger partial charge in [-0.1, -0.05) is 13.3 Å². The van der Waals surface area contributed by atoms with Crippen molar-refractivity contribution in [3.05, 3.63) is 47.4 Å². The molecule has 0 aliphatic heterocycles. The van der Waals surface area contributed by atoms with Gasteiger partial charge in [-0.05, 0) is 37.6 Å². The summed E-state index contributed by atoms with van der Waals surface area (Å²) < 4.78 is 0. The highest BCUT2D eigenvalue weighted by molar-refractivity contribution is 6.05. The van der Waals surface area contributed by atoms with Crippen LogP contribution < -0.4 is 16.6 Å². The van der Waals surface area contributed by atoms with Gasteiger partial charge in [0.2, 0.25) is 0 Å². The minimum atomic E-state index is -0.206. The van der Waals surface area contributed by atoms with Crippen molar-refractivity contribution in [3.8, 4) is 0 Å². The summed E-state index contributed by atoms with van der Waals surface area (Å²) in [4.78, 5) is 20.8. The molecule has 0 spiro atoms. The summed E-state index contributed by atoms with van der Waals surface area (Å²) in [5.74, 6) is 5.68. The van der Waals surface area contributed by atoms with Gasteiger partial charge in [0.05, 0.1) is 11.4 Å². The van der Waals surface area contributed by atoms with Crippen LogP contribution in [-0.2, 0) is 6.42 Å². The lowest BCUT2D eigenvalue weighted by atomic mass is 10.1. The van der Waals surface area contributed by atoms with Gasteiger partial charge in [0.1, 0.15) is 5.82 Å². The minimum absolute atomic E-state index is 0.206. The Balaban J connectivity index is 2.26. The van der Waals surface area contributed by atoms with Crippen LogP contribution in [0.5, 0.6) is 0 Å². The van der Waals surface area contributed by atoms with Crippen LogP contribution >= 0.6 is 0 Å². The van der Waals surface area contributed by atoms with Crippen LogP contribution in [0, 0.1) is 6.92 Å². The van der Waals surface area contributed by atoms with E-state index in [1.54, 1.807) is 24.4 Å². The molecule has 0 saturated heterocycles. The molecule has 2 aromatic heterocycles. The third kappa shape index (κ3) is 3.76. The summed E-state index contributed by atoms with van der Waals surface area (Å²) >= 11 is 0. The zero-order chi connectivity index (χ0) is 15.2. The molecule has 1 amide bonds. The summed E-state index contributed by atoms with van der Waals surface area (Å²) in [5.41, 5.74) is 5.31. The van der Waals surface area contributed by atoms with Crippen molar-refractivity contribution in [1.82, 2.24) is 9.97 Å². The number of pyridine rings is 2. The van der Waals surface area contributed by atoms with Gasteiger partial charge in [-0.15, -0.1) is 0 Å². The third-order valence-electron chi connectivity index (χ3n) is 3.05. The highest BCUT2D eigenvalue weighted by Crippen LogP contribution is 2.15. The Kier molecular flexibility index (Phi) is 4.84. The van der Waals surface area contributed by atoms with Gasteiger partial charge < -0.3 is 10.7 Å². The number of hydrogen-bond donors (Lipinski definition) is 3. The van der Waals surface area contributed by atoms with Gasteiger partial charge >= 0.3 is 0 Å². The quantitative estimate of drug-likeness (QED) is 0.579. The topological polar surface area (TPSA) is 92.9 Å². The maximum Gasteiger partial charge on any atom is 0.255 e. The number of hydrogen-bond acceptors (Lipinski definition) is 5. The standard InChI is InChI=1S/C15H19N5O/c1-3-5-12-8-11(9-14(18-12)20-16)15(21)19-13-6-4-7-17-10(13)2/h4,6-9H,3,5,16H2,1-2H3,(H,18,20)(H,19,21). The molecular formula is C15H19N5O. The molecule has 0 saturated carbocycles. The molecule has 21 heavy (non-hydrogen) atoms. The number of nitrogens with two attached hydrogens (primary N) is 1. The number of carbonyl (C=O) groups excluding carboxylic acids is 1. The first-order valence-electron chi connectivity index (χ1n) is 6.84. The van der Waals surface area contributed by atoms with Crippen LogP contribution in [0.15, 0.2) is 30.5 Å². The molecule has 2 heterocycles. The monoisotopic (exact) mass is 285 g/mol. The van der Waals surface area contributed by atoms with Gasteiger partial charge in [-0.2, -0.15) is 0 Å². The predicted molar refractivity (Wildman–Crippen MR) is 83.0 cm³/mol. The Labute approximate surface area is 123 Å². The molecule has 0 aliphatic carbocycles. The second-order valence-electron chi connectivity index (χ2n) is 4.72. The Hall–Kier alpha value is -2.47. The van der Waals surface area contributed by atoms with E-state index in [4.69, 9.17) is 5.84 Å². The van der Waals surface area contributed by atoms with Gasteiger partial charge in [0, 0.05) is 17.5 Å². The average Bonchev–Trinajstić information content (AvgIpc) is 2.49. The highest BCUT2D eigenvalue weighted by Gasteiger charge is 2.11. The Bertz CT molecular complexity index is 642. The van der Waals surface area contributed by atoms with Crippen LogP contribution in [0.1, 0.15) is 35.1 Å². The molecule has 0 aromatic carbocycles. The van der Waals surface area contributed by atoms with E-state index in [1.165, 1.54) is 0 Å². The molecule has 110 valence electrons. The van der Waals surface area contributed by atoms with E-state index < -0.39 is 0 Å². The van der Waals surface area contributed by atoms with Crippen molar-refractivity contribution in [2.24, 2.45) is 5.84 Å². The second-order valence-corrected chi connectivity index (χ2v) is 4.72. The third-order valence-corrected chi connectivity index (χ3v) is 3.05. The average molecular weight is 285 g/mol. The first kappa shape index (κ1) is 14.9. The molecule has 0 radical (unpaired) electrons. The zero-order valence-corrected chi connectivity index (χ0v) is 12.2. The first-order valence-corrected chi connectivity index (χ1v) is 6.84. The Morgan fingerprint density at radius 1 is 1.38 bits per heavy atom. The van der Waals surface area contributed by atoms with Crippen molar-refractivity contribution < 1.29 is 4.79 Å². The molecule has 0 unspecified atom stereocenters. The molecule has 0 fully saturated rings. The lowest BCUT2D eigenvalue weighted by Crippen LogP contribution is -2.16. The van der Waals surface area contributed by atoms with E-state index >= 15 is 0 Å². The summed E-state index contributed by atoms with van der Waals surface area (Å²) in [6, 6.07) is 7.01. The number of aryl methyl sites for hydroxylation is 2. The maximum absolute atomic E-state index is 12.4. The van der Waals surface area contributed by atoms with E-state index in [2.05, 4.69) is 27.6 Å². The molecular weight excluding hydrogens is 266 g/mol. The highest BCUT2D eigenvalue weighted by atomic mass is 16.1. The molecule has 4 N–H and O–H groups in total. The number of rotatable bonds is 5. The van der Waals surface area contributed by atoms with Crippen molar-refractivity contribution >= 4 is 17.4 Å². The fourth-order valence-electron chi connectivity index (χ4n) is 1.99. The zero-order valence-electron chi connectivity index (χ0n) is 12.2. The summed E-state index contributed by atoms with van der Waals surface area (Å²) in [5, 5.41) is 2.85. The van der Waals surface area contributed by atoms with Crippen LogP contribution in [0.25, 0.3) is 0 Å². The summed E-state index contributed by atoms with van der Waals surface area (Å²) in [6.07, 6.45) is 3.43. The van der Waals surface area contributed by atoms with Crippen molar-refractivity contribution in [2.45, 2.75) is 26.7 Å². The number of amides is 1. The minimum Gasteiger partial charge on any atom is -0.320 e. The van der Waals surface area contributed by atoms with E-state index in [9.17, 15) is 4.79 Å². The fraction of sp³-hybridized carbons (Fsp3) is 0.267. The van der Waals surface area contributed by atoms with E-state index in [0.717, 1.165) is 24.2 Å². The number of nitrogens with one attached hydrogen (secondary N) is 2. The van der Waals surface area contributed by atoms with Gasteiger partial charge in [-0.25, -0.2) is 10.8 Å². The molecule has 6 nitrogen and oxygen atoms in total. The summed E-state index contributed by atoms with van der Waals surface area (Å²) in [7, 11) is 0. The summed E-state index contributed by atoms with van der Waals surface area (Å²) in [6.45, 7) is 3.90. The smallest absolute Gasteiger partial charge is 0.255 e. The number of aromatic nitrogens is 2. The first-order chi connectivity index (χ1) is 10.1. The SMILES string of the molecule is CCCc1cc(C(=O)Nc2cccnc2C)cc(NN)n1.